The van der Waals surface area contributed by atoms with Gasteiger partial charge in [0.2, 0.25) is 0 Å². The molecule has 0 bridgehead atoms. The summed E-state index contributed by atoms with van der Waals surface area (Å²) in [7, 11) is 0. The van der Waals surface area contributed by atoms with Crippen LogP contribution in [-0.4, -0.2) is 31.3 Å². The number of nitrogens with two attached hydrogens (primary N) is 1. The fourth-order valence-electron chi connectivity index (χ4n) is 2.97. The van der Waals surface area contributed by atoms with E-state index in [2.05, 4.69) is 30.9 Å². The molecule has 1 unspecified atom stereocenters. The molecule has 104 valence electrons. The summed E-state index contributed by atoms with van der Waals surface area (Å²) in [4.78, 5) is 2.39. The van der Waals surface area contributed by atoms with E-state index in [0.29, 0.717) is 13.2 Å². The third-order valence-corrected chi connectivity index (χ3v) is 4.34. The highest BCUT2D eigenvalue weighted by Crippen LogP contribution is 2.38. The quantitative estimate of drug-likeness (QED) is 0.842. The van der Waals surface area contributed by atoms with E-state index in [0.717, 1.165) is 30.9 Å². The van der Waals surface area contributed by atoms with Gasteiger partial charge in [0, 0.05) is 29.9 Å². The molecule has 2 heterocycles. The second-order valence-corrected chi connectivity index (χ2v) is 5.88. The summed E-state index contributed by atoms with van der Waals surface area (Å²) in [5, 5.41) is 0. The van der Waals surface area contributed by atoms with Gasteiger partial charge in [-0.1, -0.05) is 0 Å². The first-order chi connectivity index (χ1) is 9.09. The van der Waals surface area contributed by atoms with Crippen LogP contribution in [0.1, 0.15) is 26.7 Å². The molecule has 1 aromatic rings. The molecule has 2 N–H and O–H groups in total. The van der Waals surface area contributed by atoms with Gasteiger partial charge >= 0.3 is 0 Å². The maximum absolute atomic E-state index is 6.28. The molecular formula is C15H22N2O2. The second kappa shape index (κ2) is 4.60. The summed E-state index contributed by atoms with van der Waals surface area (Å²) >= 11 is 0. The van der Waals surface area contributed by atoms with Gasteiger partial charge in [-0.15, -0.1) is 0 Å². The second-order valence-electron chi connectivity index (χ2n) is 5.88. The van der Waals surface area contributed by atoms with E-state index >= 15 is 0 Å². The van der Waals surface area contributed by atoms with E-state index in [9.17, 15) is 0 Å². The Kier molecular flexibility index (Phi) is 3.05. The summed E-state index contributed by atoms with van der Waals surface area (Å²) < 4.78 is 11.2. The molecule has 1 aromatic carbocycles. The average Bonchev–Trinajstić information content (AvgIpc) is 2.41. The third kappa shape index (κ3) is 2.14. The number of nitrogens with zero attached hydrogens (tertiary/aromatic N) is 1. The normalized spacial score (nSPS) is 25.2. The van der Waals surface area contributed by atoms with Gasteiger partial charge in [0.1, 0.15) is 13.2 Å². The summed E-state index contributed by atoms with van der Waals surface area (Å²) in [6.07, 6.45) is 2.23. The van der Waals surface area contributed by atoms with Gasteiger partial charge in [-0.05, 0) is 38.8 Å². The first-order valence-corrected chi connectivity index (χ1v) is 7.02. The molecule has 19 heavy (non-hydrogen) atoms. The van der Waals surface area contributed by atoms with Gasteiger partial charge in [0.25, 0.3) is 0 Å². The van der Waals surface area contributed by atoms with Gasteiger partial charge in [-0.3, -0.25) is 0 Å². The van der Waals surface area contributed by atoms with E-state index in [1.54, 1.807) is 0 Å². The summed E-state index contributed by atoms with van der Waals surface area (Å²) in [6.45, 7) is 6.73. The van der Waals surface area contributed by atoms with Crippen LogP contribution in [0.25, 0.3) is 0 Å². The highest BCUT2D eigenvalue weighted by Gasteiger charge is 2.36. The molecule has 3 rings (SSSR count). The Balaban J connectivity index is 1.93. The van der Waals surface area contributed by atoms with Crippen LogP contribution in [-0.2, 0) is 0 Å². The third-order valence-electron chi connectivity index (χ3n) is 4.34. The molecule has 2 aliphatic heterocycles. The number of hydrogen-bond acceptors (Lipinski definition) is 4. The zero-order valence-corrected chi connectivity index (χ0v) is 11.7. The van der Waals surface area contributed by atoms with Crippen LogP contribution in [0.4, 0.5) is 5.69 Å². The number of hydrogen-bond donors (Lipinski definition) is 1. The highest BCUT2D eigenvalue weighted by molar-refractivity contribution is 5.58. The molecule has 1 atom stereocenters. The van der Waals surface area contributed by atoms with Crippen molar-refractivity contribution in [3.63, 3.8) is 0 Å². The topological polar surface area (TPSA) is 47.7 Å². The van der Waals surface area contributed by atoms with E-state index in [1.165, 1.54) is 5.69 Å². The fourth-order valence-corrected chi connectivity index (χ4v) is 2.97. The van der Waals surface area contributed by atoms with Crippen LogP contribution in [0, 0.1) is 0 Å². The standard InChI is InChI=1S/C15H22N2O2/c1-15(2)14(16)4-3-7-17(15)11-5-6-12-13(10-11)19-9-8-18-12/h5-6,10,14H,3-4,7-9,16H2,1-2H3. The predicted octanol–water partition coefficient (Wildman–Crippen LogP) is 2.16. The van der Waals surface area contributed by atoms with Crippen molar-refractivity contribution >= 4 is 5.69 Å². The lowest BCUT2D eigenvalue weighted by molar-refractivity contribution is 0.171. The molecule has 1 fully saturated rings. The average molecular weight is 262 g/mol. The number of benzene rings is 1. The zero-order valence-electron chi connectivity index (χ0n) is 11.7. The number of ether oxygens (including phenoxy) is 2. The van der Waals surface area contributed by atoms with Crippen molar-refractivity contribution in [1.29, 1.82) is 0 Å². The highest BCUT2D eigenvalue weighted by atomic mass is 16.6. The molecule has 4 nitrogen and oxygen atoms in total. The van der Waals surface area contributed by atoms with Gasteiger partial charge in [0.15, 0.2) is 11.5 Å². The van der Waals surface area contributed by atoms with Crippen molar-refractivity contribution in [3.05, 3.63) is 18.2 Å². The molecule has 4 heteroatoms. The number of rotatable bonds is 1. The molecule has 0 aromatic heterocycles. The smallest absolute Gasteiger partial charge is 0.163 e. The maximum Gasteiger partial charge on any atom is 0.163 e. The molecule has 0 spiro atoms. The SMILES string of the molecule is CC1(C)C(N)CCCN1c1ccc2c(c1)OCCO2. The van der Waals surface area contributed by atoms with Gasteiger partial charge in [-0.25, -0.2) is 0 Å². The van der Waals surface area contributed by atoms with Crippen molar-refractivity contribution in [1.82, 2.24) is 0 Å². The number of fused-ring (bicyclic) bond motifs is 1. The molecular weight excluding hydrogens is 240 g/mol. The summed E-state index contributed by atoms with van der Waals surface area (Å²) in [5.74, 6) is 1.69. The molecule has 1 saturated heterocycles. The predicted molar refractivity (Wildman–Crippen MR) is 76.1 cm³/mol. The van der Waals surface area contributed by atoms with Crippen molar-refractivity contribution in [2.24, 2.45) is 5.73 Å². The minimum absolute atomic E-state index is 0.0258. The summed E-state index contributed by atoms with van der Waals surface area (Å²) in [5.41, 5.74) is 7.43. The molecule has 0 aliphatic carbocycles. The molecule has 0 saturated carbocycles. The first kappa shape index (κ1) is 12.6. The fraction of sp³-hybridized carbons (Fsp3) is 0.600. The van der Waals surface area contributed by atoms with Crippen molar-refractivity contribution in [2.75, 3.05) is 24.7 Å². The van der Waals surface area contributed by atoms with Gasteiger partial charge < -0.3 is 20.1 Å². The molecule has 0 amide bonds. The minimum atomic E-state index is -0.0258. The Morgan fingerprint density at radius 1 is 1.21 bits per heavy atom. The van der Waals surface area contributed by atoms with Crippen LogP contribution in [0.15, 0.2) is 18.2 Å². The Bertz CT molecular complexity index is 473. The lowest BCUT2D eigenvalue weighted by Crippen LogP contribution is -2.59. The minimum Gasteiger partial charge on any atom is -0.486 e. The first-order valence-electron chi connectivity index (χ1n) is 7.02. The lowest BCUT2D eigenvalue weighted by Gasteiger charge is -2.48. The van der Waals surface area contributed by atoms with Crippen molar-refractivity contribution in [2.45, 2.75) is 38.3 Å². The van der Waals surface area contributed by atoms with Crippen molar-refractivity contribution in [3.8, 4) is 11.5 Å². The van der Waals surface area contributed by atoms with E-state index < -0.39 is 0 Å². The van der Waals surface area contributed by atoms with Gasteiger partial charge in [0.05, 0.1) is 0 Å². The number of piperidine rings is 1. The van der Waals surface area contributed by atoms with Crippen LogP contribution in [0.5, 0.6) is 11.5 Å². The van der Waals surface area contributed by atoms with E-state index in [4.69, 9.17) is 15.2 Å². The maximum atomic E-state index is 6.28. The molecule has 2 aliphatic rings. The van der Waals surface area contributed by atoms with Crippen LogP contribution in [0.3, 0.4) is 0 Å². The van der Waals surface area contributed by atoms with E-state index in [-0.39, 0.29) is 11.6 Å². The van der Waals surface area contributed by atoms with Crippen LogP contribution < -0.4 is 20.1 Å². The Labute approximate surface area is 114 Å². The molecule has 0 radical (unpaired) electrons. The zero-order chi connectivity index (χ0) is 13.5. The van der Waals surface area contributed by atoms with Crippen LogP contribution in [0.2, 0.25) is 0 Å². The monoisotopic (exact) mass is 262 g/mol. The Morgan fingerprint density at radius 2 is 1.95 bits per heavy atom. The van der Waals surface area contributed by atoms with Crippen LogP contribution >= 0.6 is 0 Å². The summed E-state index contributed by atoms with van der Waals surface area (Å²) in [6, 6.07) is 6.39. The van der Waals surface area contributed by atoms with Gasteiger partial charge in [-0.2, -0.15) is 0 Å². The Morgan fingerprint density at radius 3 is 2.74 bits per heavy atom. The number of anilines is 1. The lowest BCUT2D eigenvalue weighted by atomic mass is 9.85. The van der Waals surface area contributed by atoms with Crippen molar-refractivity contribution < 1.29 is 9.47 Å². The Hall–Kier alpha value is -1.42. The van der Waals surface area contributed by atoms with E-state index in [1.807, 2.05) is 6.07 Å². The largest absolute Gasteiger partial charge is 0.486 e.